The Morgan fingerprint density at radius 3 is 2.65 bits per heavy atom. The highest BCUT2D eigenvalue weighted by Crippen LogP contribution is 2.20. The van der Waals surface area contributed by atoms with Crippen molar-refractivity contribution in [3.8, 4) is 11.8 Å². The second kappa shape index (κ2) is 6.37. The van der Waals surface area contributed by atoms with Crippen molar-refractivity contribution in [2.24, 2.45) is 5.73 Å². The molecule has 1 aliphatic rings. The number of hydrogen-bond donors (Lipinski definition) is 2. The van der Waals surface area contributed by atoms with Crippen molar-refractivity contribution < 1.29 is 13.5 Å². The van der Waals surface area contributed by atoms with E-state index in [0.717, 1.165) is 5.56 Å². The van der Waals surface area contributed by atoms with Crippen molar-refractivity contribution in [1.82, 2.24) is 4.31 Å². The van der Waals surface area contributed by atoms with Crippen molar-refractivity contribution in [2.75, 3.05) is 19.6 Å². The van der Waals surface area contributed by atoms with E-state index in [4.69, 9.17) is 5.73 Å². The summed E-state index contributed by atoms with van der Waals surface area (Å²) in [5, 5.41) is 9.59. The number of sulfonamides is 1. The van der Waals surface area contributed by atoms with Gasteiger partial charge in [0, 0.05) is 18.7 Å². The van der Waals surface area contributed by atoms with Gasteiger partial charge in [-0.1, -0.05) is 11.8 Å². The average Bonchev–Trinajstić information content (AvgIpc) is 2.45. The van der Waals surface area contributed by atoms with Gasteiger partial charge < -0.3 is 10.8 Å². The number of benzene rings is 1. The zero-order valence-electron chi connectivity index (χ0n) is 11.1. The number of hydrogen-bond acceptors (Lipinski definition) is 4. The smallest absolute Gasteiger partial charge is 0.243 e. The van der Waals surface area contributed by atoms with Crippen LogP contribution in [0.1, 0.15) is 18.4 Å². The van der Waals surface area contributed by atoms with Crippen molar-refractivity contribution in [3.05, 3.63) is 29.8 Å². The lowest BCUT2D eigenvalue weighted by Crippen LogP contribution is -2.42. The maximum absolute atomic E-state index is 12.4. The molecule has 1 heterocycles. The molecule has 2 rings (SSSR count). The minimum atomic E-state index is -3.53. The zero-order valence-corrected chi connectivity index (χ0v) is 11.9. The second-order valence-corrected chi connectivity index (χ2v) is 6.63. The van der Waals surface area contributed by atoms with Crippen LogP contribution in [0.2, 0.25) is 0 Å². The maximum atomic E-state index is 12.4. The van der Waals surface area contributed by atoms with E-state index < -0.39 is 16.1 Å². The van der Waals surface area contributed by atoms with Gasteiger partial charge in [-0.25, -0.2) is 8.42 Å². The van der Waals surface area contributed by atoms with Crippen LogP contribution in [0.5, 0.6) is 0 Å². The van der Waals surface area contributed by atoms with Crippen molar-refractivity contribution in [3.63, 3.8) is 0 Å². The molecule has 0 amide bonds. The minimum absolute atomic E-state index is 0.164. The summed E-state index contributed by atoms with van der Waals surface area (Å²) in [4.78, 5) is 0.227. The summed E-state index contributed by atoms with van der Waals surface area (Å²) in [5.74, 6) is 5.56. The minimum Gasteiger partial charge on any atom is -0.392 e. The Hall–Kier alpha value is -1.39. The summed E-state index contributed by atoms with van der Waals surface area (Å²) in [6, 6.07) is 6.40. The number of piperidine rings is 1. The van der Waals surface area contributed by atoms with E-state index in [9.17, 15) is 13.5 Å². The first kappa shape index (κ1) is 15.0. The topological polar surface area (TPSA) is 83.6 Å². The number of nitrogens with zero attached hydrogens (tertiary/aromatic N) is 1. The quantitative estimate of drug-likeness (QED) is 0.760. The third-order valence-electron chi connectivity index (χ3n) is 3.19. The summed E-state index contributed by atoms with van der Waals surface area (Å²) >= 11 is 0. The first-order valence-corrected chi connectivity index (χ1v) is 7.95. The number of rotatable bonds is 2. The van der Waals surface area contributed by atoms with E-state index in [1.54, 1.807) is 12.1 Å². The van der Waals surface area contributed by atoms with Gasteiger partial charge in [-0.2, -0.15) is 4.31 Å². The van der Waals surface area contributed by atoms with Gasteiger partial charge in [-0.05, 0) is 37.1 Å². The highest BCUT2D eigenvalue weighted by Gasteiger charge is 2.29. The Kier molecular flexibility index (Phi) is 4.78. The van der Waals surface area contributed by atoms with Gasteiger partial charge in [-0.3, -0.25) is 0 Å². The van der Waals surface area contributed by atoms with E-state index in [1.807, 2.05) is 0 Å². The van der Waals surface area contributed by atoms with Gasteiger partial charge in [0.25, 0.3) is 0 Å². The molecule has 1 fully saturated rings. The first-order valence-electron chi connectivity index (χ1n) is 6.51. The molecule has 1 aromatic rings. The van der Waals surface area contributed by atoms with Crippen LogP contribution in [0, 0.1) is 11.8 Å². The maximum Gasteiger partial charge on any atom is 0.243 e. The van der Waals surface area contributed by atoms with Gasteiger partial charge in [-0.15, -0.1) is 0 Å². The Morgan fingerprint density at radius 2 is 2.05 bits per heavy atom. The summed E-state index contributed by atoms with van der Waals surface area (Å²) in [6.07, 6.45) is 0.758. The fraction of sp³-hybridized carbons (Fsp3) is 0.429. The summed E-state index contributed by atoms with van der Waals surface area (Å²) in [6.45, 7) is 0.886. The lowest BCUT2D eigenvalue weighted by Gasteiger charge is -2.29. The van der Waals surface area contributed by atoms with Gasteiger partial charge in [0.1, 0.15) is 0 Å². The molecule has 1 aromatic carbocycles. The lowest BCUT2D eigenvalue weighted by molar-refractivity contribution is 0.108. The molecule has 108 valence electrons. The highest BCUT2D eigenvalue weighted by atomic mass is 32.2. The van der Waals surface area contributed by atoms with Crippen LogP contribution in [-0.2, 0) is 10.0 Å². The third kappa shape index (κ3) is 3.38. The predicted molar refractivity (Wildman–Crippen MR) is 76.4 cm³/mol. The van der Waals surface area contributed by atoms with Crippen molar-refractivity contribution >= 4 is 10.0 Å². The Labute approximate surface area is 119 Å². The molecule has 1 unspecified atom stereocenters. The molecule has 0 aliphatic carbocycles. The van der Waals surface area contributed by atoms with Crippen LogP contribution in [0.4, 0.5) is 0 Å². The average molecular weight is 294 g/mol. The molecule has 0 aromatic heterocycles. The van der Waals surface area contributed by atoms with Gasteiger partial charge in [0.15, 0.2) is 0 Å². The molecular weight excluding hydrogens is 276 g/mol. The van der Waals surface area contributed by atoms with E-state index >= 15 is 0 Å². The molecular formula is C14H18N2O3S. The van der Waals surface area contributed by atoms with Gasteiger partial charge in [0.05, 0.1) is 17.5 Å². The van der Waals surface area contributed by atoms with E-state index in [1.165, 1.54) is 16.4 Å². The summed E-state index contributed by atoms with van der Waals surface area (Å²) in [5.41, 5.74) is 6.02. The van der Waals surface area contributed by atoms with Crippen LogP contribution in [0.3, 0.4) is 0 Å². The van der Waals surface area contributed by atoms with Crippen LogP contribution in [-0.4, -0.2) is 43.6 Å². The molecule has 1 atom stereocenters. The van der Waals surface area contributed by atoms with Gasteiger partial charge >= 0.3 is 0 Å². The molecule has 0 bridgehead atoms. The van der Waals surface area contributed by atoms with E-state index in [-0.39, 0.29) is 18.0 Å². The monoisotopic (exact) mass is 294 g/mol. The molecule has 1 saturated heterocycles. The van der Waals surface area contributed by atoms with Crippen LogP contribution in [0.25, 0.3) is 0 Å². The molecule has 20 heavy (non-hydrogen) atoms. The fourth-order valence-electron chi connectivity index (χ4n) is 2.15. The molecule has 6 heteroatoms. The molecule has 0 saturated carbocycles. The number of aliphatic hydroxyl groups excluding tert-OH is 1. The predicted octanol–water partition coefficient (Wildman–Crippen LogP) is 0.142. The molecule has 0 spiro atoms. The second-order valence-electron chi connectivity index (χ2n) is 4.69. The Balaban J connectivity index is 2.21. The molecule has 1 aliphatic heterocycles. The largest absolute Gasteiger partial charge is 0.392 e. The van der Waals surface area contributed by atoms with Crippen molar-refractivity contribution in [1.29, 1.82) is 0 Å². The Bertz CT molecular complexity index is 614. The Morgan fingerprint density at radius 1 is 1.35 bits per heavy atom. The van der Waals surface area contributed by atoms with Crippen LogP contribution >= 0.6 is 0 Å². The molecule has 3 N–H and O–H groups in total. The first-order chi connectivity index (χ1) is 9.54. The highest BCUT2D eigenvalue weighted by molar-refractivity contribution is 7.89. The third-order valence-corrected chi connectivity index (χ3v) is 5.07. The lowest BCUT2D eigenvalue weighted by atomic mass is 10.1. The summed E-state index contributed by atoms with van der Waals surface area (Å²) in [7, 11) is -3.53. The van der Waals surface area contributed by atoms with Crippen molar-refractivity contribution in [2.45, 2.75) is 23.8 Å². The molecule has 0 radical (unpaired) electrons. The van der Waals surface area contributed by atoms with Crippen LogP contribution in [0.15, 0.2) is 29.2 Å². The van der Waals surface area contributed by atoms with E-state index in [2.05, 4.69) is 11.8 Å². The standard InChI is InChI=1S/C14H18N2O3S/c15-9-1-3-12-5-7-14(8-6-12)20(18,19)16-10-2-4-13(17)11-16/h5-8,13,17H,2,4,9-11,15H2. The van der Waals surface area contributed by atoms with E-state index in [0.29, 0.717) is 19.4 Å². The number of aliphatic hydroxyl groups is 1. The molecule has 5 nitrogen and oxygen atoms in total. The van der Waals surface area contributed by atoms with Gasteiger partial charge in [0.2, 0.25) is 10.0 Å². The number of nitrogens with two attached hydrogens (primary N) is 1. The fourth-order valence-corrected chi connectivity index (χ4v) is 3.67. The number of β-amino-alcohol motifs (C(OH)–C–C–N with tert-alkyl or cyclic N) is 1. The summed E-state index contributed by atoms with van der Waals surface area (Å²) < 4.78 is 26.2. The zero-order chi connectivity index (χ0) is 14.6. The normalized spacial score (nSPS) is 20.2. The SMILES string of the molecule is NCC#Cc1ccc(S(=O)(=O)N2CCCC(O)C2)cc1. The van der Waals surface area contributed by atoms with Crippen LogP contribution < -0.4 is 5.73 Å².